The molecule has 22 heavy (non-hydrogen) atoms. The zero-order valence-electron chi connectivity index (χ0n) is 12.0. The highest BCUT2D eigenvalue weighted by Crippen LogP contribution is 2.34. The molecule has 1 aliphatic heterocycles. The van der Waals surface area contributed by atoms with Gasteiger partial charge in [-0.25, -0.2) is 8.42 Å². The second kappa shape index (κ2) is 7.04. The van der Waals surface area contributed by atoms with Crippen LogP contribution in [0.2, 0.25) is 10.0 Å². The van der Waals surface area contributed by atoms with E-state index in [-0.39, 0.29) is 28.2 Å². The minimum Gasteiger partial charge on any atom is -0.378 e. The van der Waals surface area contributed by atoms with E-state index in [1.165, 1.54) is 12.1 Å². The largest absolute Gasteiger partial charge is 0.378 e. The van der Waals surface area contributed by atoms with Crippen LogP contribution >= 0.6 is 23.2 Å². The molecular formula is C13H16Cl2N2O4S. The Balaban J connectivity index is 2.30. The monoisotopic (exact) mass is 366 g/mol. The van der Waals surface area contributed by atoms with E-state index in [1.54, 1.807) is 11.0 Å². The third-order valence-corrected chi connectivity index (χ3v) is 4.95. The lowest BCUT2D eigenvalue weighted by Gasteiger charge is -2.30. The van der Waals surface area contributed by atoms with Crippen molar-refractivity contribution in [3.8, 4) is 0 Å². The highest BCUT2D eigenvalue weighted by atomic mass is 35.5. The van der Waals surface area contributed by atoms with Crippen molar-refractivity contribution in [3.63, 3.8) is 0 Å². The SMILES string of the molecule is CS(=O)(=O)N(CC(=O)N1CCOCC1)c1c(Cl)cccc1Cl. The molecule has 1 heterocycles. The highest BCUT2D eigenvalue weighted by Gasteiger charge is 2.28. The lowest BCUT2D eigenvalue weighted by Crippen LogP contribution is -2.47. The van der Waals surface area contributed by atoms with E-state index in [9.17, 15) is 13.2 Å². The zero-order valence-corrected chi connectivity index (χ0v) is 14.3. The van der Waals surface area contributed by atoms with Crippen LogP contribution in [-0.4, -0.2) is 58.3 Å². The lowest BCUT2D eigenvalue weighted by molar-refractivity contribution is -0.133. The van der Waals surface area contributed by atoms with Crippen molar-refractivity contribution in [1.82, 2.24) is 4.90 Å². The first-order valence-electron chi connectivity index (χ1n) is 6.58. The van der Waals surface area contributed by atoms with Crippen LogP contribution in [0.4, 0.5) is 5.69 Å². The van der Waals surface area contributed by atoms with Gasteiger partial charge in [-0.3, -0.25) is 9.10 Å². The first-order valence-corrected chi connectivity index (χ1v) is 9.18. The number of carbonyl (C=O) groups excluding carboxylic acids is 1. The Morgan fingerprint density at radius 3 is 2.32 bits per heavy atom. The molecular weight excluding hydrogens is 351 g/mol. The zero-order chi connectivity index (χ0) is 16.3. The van der Waals surface area contributed by atoms with E-state index in [0.717, 1.165) is 10.6 Å². The van der Waals surface area contributed by atoms with Gasteiger partial charge in [-0.1, -0.05) is 29.3 Å². The fourth-order valence-corrected chi connectivity index (χ4v) is 3.70. The molecule has 0 aliphatic carbocycles. The fraction of sp³-hybridized carbons (Fsp3) is 0.462. The van der Waals surface area contributed by atoms with Crippen molar-refractivity contribution in [2.24, 2.45) is 0 Å². The highest BCUT2D eigenvalue weighted by molar-refractivity contribution is 7.92. The van der Waals surface area contributed by atoms with E-state index < -0.39 is 10.0 Å². The molecule has 0 spiro atoms. The summed E-state index contributed by atoms with van der Waals surface area (Å²) in [5, 5.41) is 0.348. The molecule has 1 amide bonds. The standard InChI is InChI=1S/C13H16Cl2N2O4S/c1-22(19,20)17(13-10(14)3-2-4-11(13)15)9-12(18)16-5-7-21-8-6-16/h2-4H,5-9H2,1H3. The van der Waals surface area contributed by atoms with Crippen molar-refractivity contribution in [2.75, 3.05) is 43.4 Å². The average Bonchev–Trinajstić information content (AvgIpc) is 2.45. The minimum absolute atomic E-state index is 0.120. The van der Waals surface area contributed by atoms with E-state index >= 15 is 0 Å². The fourth-order valence-electron chi connectivity index (χ4n) is 2.13. The smallest absolute Gasteiger partial charge is 0.243 e. The number of carbonyl (C=O) groups is 1. The number of halogens is 2. The van der Waals surface area contributed by atoms with Crippen LogP contribution in [0.25, 0.3) is 0 Å². The number of anilines is 1. The summed E-state index contributed by atoms with van der Waals surface area (Å²) in [6.45, 7) is 1.41. The van der Waals surface area contributed by atoms with Gasteiger partial charge in [0.2, 0.25) is 15.9 Å². The Kier molecular flexibility index (Phi) is 5.55. The molecule has 122 valence electrons. The van der Waals surface area contributed by atoms with Crippen molar-refractivity contribution < 1.29 is 17.9 Å². The first-order chi connectivity index (χ1) is 10.3. The van der Waals surface area contributed by atoms with Gasteiger partial charge in [0.25, 0.3) is 0 Å². The Hall–Kier alpha value is -1.02. The van der Waals surface area contributed by atoms with Gasteiger partial charge in [-0.15, -0.1) is 0 Å². The molecule has 0 unspecified atom stereocenters. The van der Waals surface area contributed by atoms with Gasteiger partial charge in [0, 0.05) is 13.1 Å². The van der Waals surface area contributed by atoms with Gasteiger partial charge in [0.15, 0.2) is 0 Å². The van der Waals surface area contributed by atoms with Crippen LogP contribution in [0.5, 0.6) is 0 Å². The maximum atomic E-state index is 12.3. The van der Waals surface area contributed by atoms with Crippen LogP contribution < -0.4 is 4.31 Å². The van der Waals surface area contributed by atoms with Crippen LogP contribution in [-0.2, 0) is 19.6 Å². The molecule has 1 aliphatic rings. The van der Waals surface area contributed by atoms with Crippen LogP contribution in [0, 0.1) is 0 Å². The molecule has 0 radical (unpaired) electrons. The van der Waals surface area contributed by atoms with Crippen molar-refractivity contribution in [1.29, 1.82) is 0 Å². The third kappa shape index (κ3) is 4.04. The summed E-state index contributed by atoms with van der Waals surface area (Å²) in [5.41, 5.74) is 0.120. The molecule has 1 fully saturated rings. The van der Waals surface area contributed by atoms with Gasteiger partial charge in [0.05, 0.1) is 35.2 Å². The lowest BCUT2D eigenvalue weighted by atomic mass is 10.3. The van der Waals surface area contributed by atoms with Gasteiger partial charge < -0.3 is 9.64 Å². The summed E-state index contributed by atoms with van der Waals surface area (Å²) in [6, 6.07) is 4.67. The van der Waals surface area contributed by atoms with Gasteiger partial charge in [0.1, 0.15) is 6.54 Å². The molecule has 1 aromatic carbocycles. The van der Waals surface area contributed by atoms with Crippen molar-refractivity contribution >= 4 is 44.8 Å². The molecule has 0 bridgehead atoms. The van der Waals surface area contributed by atoms with Gasteiger partial charge >= 0.3 is 0 Å². The van der Waals surface area contributed by atoms with E-state index in [0.29, 0.717) is 26.3 Å². The number of amides is 1. The molecule has 6 nitrogen and oxygen atoms in total. The van der Waals surface area contributed by atoms with Crippen LogP contribution in [0.3, 0.4) is 0 Å². The summed E-state index contributed by atoms with van der Waals surface area (Å²) in [4.78, 5) is 13.9. The summed E-state index contributed by atoms with van der Waals surface area (Å²) < 4.78 is 30.3. The molecule has 0 saturated carbocycles. The predicted octanol–water partition coefficient (Wildman–Crippen LogP) is 1.62. The maximum absolute atomic E-state index is 12.3. The molecule has 9 heteroatoms. The van der Waals surface area contributed by atoms with E-state index in [4.69, 9.17) is 27.9 Å². The Bertz CT molecular complexity index is 640. The molecule has 2 rings (SSSR count). The second-order valence-electron chi connectivity index (χ2n) is 4.83. The van der Waals surface area contributed by atoms with Gasteiger partial charge in [-0.05, 0) is 12.1 Å². The second-order valence-corrected chi connectivity index (χ2v) is 7.55. The number of hydrogen-bond donors (Lipinski definition) is 0. The maximum Gasteiger partial charge on any atom is 0.243 e. The Labute approximate surface area is 139 Å². The molecule has 1 saturated heterocycles. The molecule has 1 aromatic rings. The summed E-state index contributed by atoms with van der Waals surface area (Å²) in [6.07, 6.45) is 1.01. The molecule has 0 aromatic heterocycles. The first kappa shape index (κ1) is 17.3. The number of benzene rings is 1. The summed E-state index contributed by atoms with van der Waals surface area (Å²) >= 11 is 12.1. The number of para-hydroxylation sites is 1. The van der Waals surface area contributed by atoms with Crippen molar-refractivity contribution in [3.05, 3.63) is 28.2 Å². The topological polar surface area (TPSA) is 66.9 Å². The number of nitrogens with zero attached hydrogens (tertiary/aromatic N) is 2. The van der Waals surface area contributed by atoms with E-state index in [2.05, 4.69) is 0 Å². The third-order valence-electron chi connectivity index (χ3n) is 3.23. The number of ether oxygens (including phenoxy) is 1. The normalized spacial score (nSPS) is 15.7. The van der Waals surface area contributed by atoms with E-state index in [1.807, 2.05) is 0 Å². The summed E-state index contributed by atoms with van der Waals surface area (Å²) in [7, 11) is -3.71. The number of rotatable bonds is 4. The number of hydrogen-bond acceptors (Lipinski definition) is 4. The Morgan fingerprint density at radius 1 is 1.27 bits per heavy atom. The minimum atomic E-state index is -3.71. The number of sulfonamides is 1. The van der Waals surface area contributed by atoms with Gasteiger partial charge in [-0.2, -0.15) is 0 Å². The van der Waals surface area contributed by atoms with Crippen LogP contribution in [0.15, 0.2) is 18.2 Å². The molecule has 0 atom stereocenters. The average molecular weight is 367 g/mol. The Morgan fingerprint density at radius 2 is 1.82 bits per heavy atom. The number of morpholine rings is 1. The molecule has 0 N–H and O–H groups in total. The predicted molar refractivity (Wildman–Crippen MR) is 86.1 cm³/mol. The van der Waals surface area contributed by atoms with Crippen molar-refractivity contribution in [2.45, 2.75) is 0 Å². The van der Waals surface area contributed by atoms with Crippen LogP contribution in [0.1, 0.15) is 0 Å². The quantitative estimate of drug-likeness (QED) is 0.811. The summed E-state index contributed by atoms with van der Waals surface area (Å²) in [5.74, 6) is -0.315.